The summed E-state index contributed by atoms with van der Waals surface area (Å²) in [4.78, 5) is 15.5. The van der Waals surface area contributed by atoms with Gasteiger partial charge in [-0.25, -0.2) is 4.79 Å². The summed E-state index contributed by atoms with van der Waals surface area (Å²) < 4.78 is 5.17. The molecule has 0 radical (unpaired) electrons. The Balaban J connectivity index is 2.02. The van der Waals surface area contributed by atoms with Gasteiger partial charge in [0.1, 0.15) is 5.71 Å². The molecule has 0 aliphatic carbocycles. The molecule has 1 N–H and O–H groups in total. The van der Waals surface area contributed by atoms with Crippen LogP contribution in [0, 0.1) is 13.8 Å². The fourth-order valence-corrected chi connectivity index (χ4v) is 3.27. The highest BCUT2D eigenvalue weighted by Crippen LogP contribution is 2.20. The van der Waals surface area contributed by atoms with Crippen LogP contribution in [0.1, 0.15) is 52.3 Å². The summed E-state index contributed by atoms with van der Waals surface area (Å²) >= 11 is 0. The molecule has 0 unspecified atom stereocenters. The highest BCUT2D eigenvalue weighted by molar-refractivity contribution is 6.13. The lowest BCUT2D eigenvalue weighted by atomic mass is 10.0. The van der Waals surface area contributed by atoms with Gasteiger partial charge in [0.15, 0.2) is 0 Å². The number of benzene rings is 2. The Bertz CT molecular complexity index is 1010. The number of aryl methyl sites for hydroxylation is 1. The molecular formula is C24H25N3O2. The van der Waals surface area contributed by atoms with E-state index in [1.165, 1.54) is 0 Å². The van der Waals surface area contributed by atoms with Gasteiger partial charge in [-0.1, -0.05) is 60.7 Å². The van der Waals surface area contributed by atoms with E-state index in [-0.39, 0.29) is 5.97 Å². The van der Waals surface area contributed by atoms with Crippen LogP contribution >= 0.6 is 0 Å². The summed E-state index contributed by atoms with van der Waals surface area (Å²) in [5, 5.41) is 9.06. The van der Waals surface area contributed by atoms with E-state index in [0.717, 1.165) is 33.8 Å². The Morgan fingerprint density at radius 2 is 1.48 bits per heavy atom. The summed E-state index contributed by atoms with van der Waals surface area (Å²) in [5.41, 5.74) is 6.40. The van der Waals surface area contributed by atoms with Gasteiger partial charge in [-0.3, -0.25) is 0 Å². The van der Waals surface area contributed by atoms with E-state index in [1.807, 2.05) is 81.4 Å². The molecule has 0 aliphatic heterocycles. The number of H-pyrrole nitrogens is 1. The quantitative estimate of drug-likeness (QED) is 0.364. The molecule has 0 bridgehead atoms. The normalized spacial score (nSPS) is 11.2. The number of nitrogens with zero attached hydrogens (tertiary/aromatic N) is 2. The molecule has 0 fully saturated rings. The van der Waals surface area contributed by atoms with E-state index in [1.54, 1.807) is 6.92 Å². The van der Waals surface area contributed by atoms with Crippen molar-refractivity contribution in [3.05, 3.63) is 94.3 Å². The molecule has 0 aliphatic rings. The average molecular weight is 387 g/mol. The highest BCUT2D eigenvalue weighted by atomic mass is 16.5. The SMILES string of the molecule is CCOC(=O)c1c(C)[nH]c(/C(C)=N/N=C(c2ccccc2)c2ccccc2)c1C. The van der Waals surface area contributed by atoms with Crippen LogP contribution in [0.25, 0.3) is 0 Å². The van der Waals surface area contributed by atoms with Crippen molar-refractivity contribution in [2.75, 3.05) is 6.61 Å². The molecule has 3 rings (SSSR count). The highest BCUT2D eigenvalue weighted by Gasteiger charge is 2.20. The van der Waals surface area contributed by atoms with Gasteiger partial charge in [0.25, 0.3) is 0 Å². The second-order valence-corrected chi connectivity index (χ2v) is 6.71. The zero-order valence-corrected chi connectivity index (χ0v) is 17.2. The molecule has 0 spiro atoms. The molecule has 29 heavy (non-hydrogen) atoms. The topological polar surface area (TPSA) is 66.8 Å². The largest absolute Gasteiger partial charge is 0.462 e. The molecule has 3 aromatic rings. The Hall–Kier alpha value is -3.47. The summed E-state index contributed by atoms with van der Waals surface area (Å²) in [6.07, 6.45) is 0. The molecule has 5 heteroatoms. The first kappa shape index (κ1) is 20.3. The smallest absolute Gasteiger partial charge is 0.340 e. The van der Waals surface area contributed by atoms with Crippen molar-refractivity contribution in [3.63, 3.8) is 0 Å². The number of esters is 1. The summed E-state index contributed by atoms with van der Waals surface area (Å²) in [5.74, 6) is -0.324. The first-order chi connectivity index (χ1) is 14.0. The van der Waals surface area contributed by atoms with Crippen LogP contribution in [-0.4, -0.2) is 29.0 Å². The van der Waals surface area contributed by atoms with Gasteiger partial charge >= 0.3 is 5.97 Å². The van der Waals surface area contributed by atoms with E-state index >= 15 is 0 Å². The van der Waals surface area contributed by atoms with Gasteiger partial charge in [0.2, 0.25) is 0 Å². The second kappa shape index (κ2) is 9.15. The lowest BCUT2D eigenvalue weighted by Crippen LogP contribution is -2.07. The summed E-state index contributed by atoms with van der Waals surface area (Å²) in [6, 6.07) is 19.9. The van der Waals surface area contributed by atoms with Crippen LogP contribution in [0.15, 0.2) is 70.9 Å². The van der Waals surface area contributed by atoms with Crippen LogP contribution in [0.2, 0.25) is 0 Å². The third-order valence-corrected chi connectivity index (χ3v) is 4.67. The molecule has 5 nitrogen and oxygen atoms in total. The van der Waals surface area contributed by atoms with Crippen LogP contribution in [0.3, 0.4) is 0 Å². The van der Waals surface area contributed by atoms with Crippen molar-refractivity contribution in [1.82, 2.24) is 4.98 Å². The van der Waals surface area contributed by atoms with Crippen molar-refractivity contribution in [2.24, 2.45) is 10.2 Å². The third-order valence-electron chi connectivity index (χ3n) is 4.67. The summed E-state index contributed by atoms with van der Waals surface area (Å²) in [6.45, 7) is 7.77. The number of carbonyl (C=O) groups is 1. The minimum Gasteiger partial charge on any atom is -0.462 e. The van der Waals surface area contributed by atoms with Crippen molar-refractivity contribution < 1.29 is 9.53 Å². The first-order valence-corrected chi connectivity index (χ1v) is 9.62. The maximum absolute atomic E-state index is 12.2. The molecule has 148 valence electrons. The van der Waals surface area contributed by atoms with E-state index in [4.69, 9.17) is 4.74 Å². The van der Waals surface area contributed by atoms with Crippen molar-refractivity contribution in [3.8, 4) is 0 Å². The van der Waals surface area contributed by atoms with Crippen molar-refractivity contribution in [1.29, 1.82) is 0 Å². The minimum absolute atomic E-state index is 0.324. The fourth-order valence-electron chi connectivity index (χ4n) is 3.27. The molecule has 1 heterocycles. The third kappa shape index (κ3) is 4.51. The lowest BCUT2D eigenvalue weighted by molar-refractivity contribution is 0.0525. The van der Waals surface area contributed by atoms with Crippen LogP contribution in [0.5, 0.6) is 0 Å². The maximum atomic E-state index is 12.2. The van der Waals surface area contributed by atoms with Crippen LogP contribution in [-0.2, 0) is 4.74 Å². The lowest BCUT2D eigenvalue weighted by Gasteiger charge is -2.06. The molecule has 0 saturated heterocycles. The Kier molecular flexibility index (Phi) is 6.39. The number of hydrogen-bond acceptors (Lipinski definition) is 4. The predicted octanol–water partition coefficient (Wildman–Crippen LogP) is 5.07. The molecule has 1 aromatic heterocycles. The number of nitrogens with one attached hydrogen (secondary N) is 1. The monoisotopic (exact) mass is 387 g/mol. The number of carbonyl (C=O) groups excluding carboxylic acids is 1. The predicted molar refractivity (Wildman–Crippen MR) is 117 cm³/mol. The second-order valence-electron chi connectivity index (χ2n) is 6.71. The van der Waals surface area contributed by atoms with Gasteiger partial charge in [-0.15, -0.1) is 5.10 Å². The van der Waals surface area contributed by atoms with E-state index in [2.05, 4.69) is 15.2 Å². The Morgan fingerprint density at radius 1 is 0.931 bits per heavy atom. The Labute approximate surface area is 171 Å². The Morgan fingerprint density at radius 3 is 2.00 bits per heavy atom. The molecule has 0 amide bonds. The zero-order valence-electron chi connectivity index (χ0n) is 17.2. The zero-order chi connectivity index (χ0) is 20.8. The van der Waals surface area contributed by atoms with Crippen LogP contribution in [0.4, 0.5) is 0 Å². The van der Waals surface area contributed by atoms with Gasteiger partial charge in [0, 0.05) is 16.8 Å². The van der Waals surface area contributed by atoms with Gasteiger partial charge in [0.05, 0.1) is 23.6 Å². The number of aromatic nitrogens is 1. The van der Waals surface area contributed by atoms with Gasteiger partial charge in [-0.05, 0) is 33.3 Å². The molecule has 0 saturated carbocycles. The van der Waals surface area contributed by atoms with E-state index in [9.17, 15) is 4.79 Å². The van der Waals surface area contributed by atoms with Crippen LogP contribution < -0.4 is 0 Å². The number of hydrogen-bond donors (Lipinski definition) is 1. The van der Waals surface area contributed by atoms with Gasteiger partial charge in [-0.2, -0.15) is 5.10 Å². The number of aromatic amines is 1. The van der Waals surface area contributed by atoms with Crippen molar-refractivity contribution in [2.45, 2.75) is 27.7 Å². The number of ether oxygens (including phenoxy) is 1. The molecule has 2 aromatic carbocycles. The number of rotatable bonds is 6. The minimum atomic E-state index is -0.324. The average Bonchev–Trinajstić information content (AvgIpc) is 3.04. The maximum Gasteiger partial charge on any atom is 0.340 e. The first-order valence-electron chi connectivity index (χ1n) is 9.62. The molecule has 0 atom stereocenters. The molecular weight excluding hydrogens is 362 g/mol. The van der Waals surface area contributed by atoms with E-state index < -0.39 is 0 Å². The summed E-state index contributed by atoms with van der Waals surface area (Å²) in [7, 11) is 0. The van der Waals surface area contributed by atoms with E-state index in [0.29, 0.717) is 17.9 Å². The fraction of sp³-hybridized carbons (Fsp3) is 0.208. The standard InChI is InChI=1S/C24H25N3O2/c1-5-29-24(28)21-16(2)22(25-17(21)3)18(4)26-27-23(19-12-8-6-9-13-19)20-14-10-7-11-15-20/h6-15,25H,5H2,1-4H3/b26-18+. The van der Waals surface area contributed by atoms with Crippen molar-refractivity contribution >= 4 is 17.4 Å². The van der Waals surface area contributed by atoms with Gasteiger partial charge < -0.3 is 9.72 Å².